The minimum absolute atomic E-state index is 0.486. The number of urea groups is 1. The van der Waals surface area contributed by atoms with Crippen molar-refractivity contribution in [3.8, 4) is 5.75 Å². The summed E-state index contributed by atoms with van der Waals surface area (Å²) in [5.74, 6) is 0.841. The van der Waals surface area contributed by atoms with E-state index in [1.807, 2.05) is 24.3 Å². The van der Waals surface area contributed by atoms with Gasteiger partial charge in [0.1, 0.15) is 12.4 Å². The van der Waals surface area contributed by atoms with Crippen molar-refractivity contribution in [2.75, 3.05) is 19.7 Å². The highest BCUT2D eigenvalue weighted by Crippen LogP contribution is 2.17. The van der Waals surface area contributed by atoms with Crippen molar-refractivity contribution in [2.24, 2.45) is 5.73 Å². The minimum Gasteiger partial charge on any atom is -0.489 e. The smallest absolute Gasteiger partial charge is 0.312 e. The van der Waals surface area contributed by atoms with E-state index in [1.165, 1.54) is 0 Å². The number of hydrogen-bond acceptors (Lipinski definition) is 3. The van der Waals surface area contributed by atoms with Gasteiger partial charge in [-0.05, 0) is 6.07 Å². The van der Waals surface area contributed by atoms with Gasteiger partial charge in [0.25, 0.3) is 0 Å². The maximum atomic E-state index is 10.5. The minimum atomic E-state index is -0.508. The lowest BCUT2D eigenvalue weighted by molar-refractivity contribution is 0.249. The Labute approximate surface area is 107 Å². The summed E-state index contributed by atoms with van der Waals surface area (Å²) in [5.41, 5.74) is 6.03. The molecule has 0 radical (unpaired) electrons. The van der Waals surface area contributed by atoms with Gasteiger partial charge < -0.3 is 21.1 Å². The third kappa shape index (κ3) is 5.36. The van der Waals surface area contributed by atoms with Crippen LogP contribution in [-0.2, 0) is 6.54 Å². The normalized spacial score (nSPS) is 9.78. The van der Waals surface area contributed by atoms with Crippen molar-refractivity contribution in [2.45, 2.75) is 6.54 Å². The van der Waals surface area contributed by atoms with Crippen LogP contribution in [0.2, 0.25) is 0 Å². The number of ether oxygens (including phenoxy) is 1. The first-order chi connectivity index (χ1) is 8.74. The molecule has 1 rings (SSSR count). The molecule has 0 aliphatic heterocycles. The van der Waals surface area contributed by atoms with Crippen LogP contribution in [0.5, 0.6) is 5.75 Å². The molecule has 0 heterocycles. The number of nitrogens with one attached hydrogen (secondary N) is 2. The Morgan fingerprint density at radius 3 is 2.89 bits per heavy atom. The maximum Gasteiger partial charge on any atom is 0.312 e. The maximum absolute atomic E-state index is 10.5. The van der Waals surface area contributed by atoms with E-state index in [0.29, 0.717) is 26.2 Å². The molecule has 5 heteroatoms. The summed E-state index contributed by atoms with van der Waals surface area (Å²) in [4.78, 5) is 10.5. The standard InChI is InChI=1S/C13H19N3O2/c1-2-9-18-12-6-4-3-5-11(12)10-15-7-8-16-13(14)17/h2-6,15H,1,7-10H2,(H3,14,16,17). The van der Waals surface area contributed by atoms with Gasteiger partial charge in [0, 0.05) is 25.2 Å². The number of para-hydroxylation sites is 1. The van der Waals surface area contributed by atoms with Crippen LogP contribution in [0.1, 0.15) is 5.56 Å². The quantitative estimate of drug-likeness (QED) is 0.475. The Balaban J connectivity index is 2.36. The van der Waals surface area contributed by atoms with E-state index in [4.69, 9.17) is 10.5 Å². The van der Waals surface area contributed by atoms with Gasteiger partial charge in [0.15, 0.2) is 0 Å². The Kier molecular flexibility index (Phi) is 6.35. The van der Waals surface area contributed by atoms with Gasteiger partial charge in [-0.15, -0.1) is 0 Å². The largest absolute Gasteiger partial charge is 0.489 e. The molecule has 0 saturated heterocycles. The number of amides is 2. The van der Waals surface area contributed by atoms with Crippen LogP contribution in [0.25, 0.3) is 0 Å². The van der Waals surface area contributed by atoms with Crippen molar-refractivity contribution in [3.63, 3.8) is 0 Å². The first-order valence-corrected chi connectivity index (χ1v) is 5.79. The summed E-state index contributed by atoms with van der Waals surface area (Å²) in [5, 5.41) is 5.71. The van der Waals surface area contributed by atoms with Crippen molar-refractivity contribution in [3.05, 3.63) is 42.5 Å². The summed E-state index contributed by atoms with van der Waals surface area (Å²) in [6.45, 7) is 5.93. The monoisotopic (exact) mass is 249 g/mol. The molecule has 1 aromatic rings. The third-order valence-corrected chi connectivity index (χ3v) is 2.25. The summed E-state index contributed by atoms with van der Waals surface area (Å²) in [6, 6.07) is 7.29. The number of primary amides is 1. The van der Waals surface area contributed by atoms with Crippen molar-refractivity contribution in [1.29, 1.82) is 0 Å². The van der Waals surface area contributed by atoms with Gasteiger partial charge in [-0.2, -0.15) is 0 Å². The molecule has 1 aromatic carbocycles. The van der Waals surface area contributed by atoms with E-state index < -0.39 is 6.03 Å². The molecule has 0 bridgehead atoms. The van der Waals surface area contributed by atoms with Crippen LogP contribution in [0.15, 0.2) is 36.9 Å². The molecule has 98 valence electrons. The fourth-order valence-corrected chi connectivity index (χ4v) is 1.44. The Bertz CT molecular complexity index is 394. The Hall–Kier alpha value is -2.01. The molecule has 0 unspecified atom stereocenters. The van der Waals surface area contributed by atoms with Gasteiger partial charge in [0.05, 0.1) is 0 Å². The lowest BCUT2D eigenvalue weighted by Gasteiger charge is -2.11. The zero-order chi connectivity index (χ0) is 13.2. The number of nitrogens with two attached hydrogens (primary N) is 1. The zero-order valence-corrected chi connectivity index (χ0v) is 10.3. The topological polar surface area (TPSA) is 76.4 Å². The molecular formula is C13H19N3O2. The van der Waals surface area contributed by atoms with E-state index in [-0.39, 0.29) is 0 Å². The van der Waals surface area contributed by atoms with Gasteiger partial charge in [-0.3, -0.25) is 0 Å². The predicted octanol–water partition coefficient (Wildman–Crippen LogP) is 1.01. The number of carbonyl (C=O) groups is 1. The van der Waals surface area contributed by atoms with E-state index >= 15 is 0 Å². The second kappa shape index (κ2) is 8.14. The highest BCUT2D eigenvalue weighted by atomic mass is 16.5. The molecule has 0 aromatic heterocycles. The lowest BCUT2D eigenvalue weighted by Crippen LogP contribution is -2.35. The Morgan fingerprint density at radius 1 is 1.39 bits per heavy atom. The summed E-state index contributed by atoms with van der Waals surface area (Å²) < 4.78 is 5.53. The Morgan fingerprint density at radius 2 is 2.17 bits per heavy atom. The lowest BCUT2D eigenvalue weighted by atomic mass is 10.2. The zero-order valence-electron chi connectivity index (χ0n) is 10.3. The van der Waals surface area contributed by atoms with Crippen LogP contribution in [0.3, 0.4) is 0 Å². The molecule has 4 N–H and O–H groups in total. The van der Waals surface area contributed by atoms with Crippen molar-refractivity contribution < 1.29 is 9.53 Å². The number of carbonyl (C=O) groups excluding carboxylic acids is 1. The molecule has 0 atom stereocenters. The molecule has 0 saturated carbocycles. The molecule has 0 aliphatic carbocycles. The van der Waals surface area contributed by atoms with E-state index in [1.54, 1.807) is 6.08 Å². The SMILES string of the molecule is C=CCOc1ccccc1CNCCNC(N)=O. The number of benzene rings is 1. The first-order valence-electron chi connectivity index (χ1n) is 5.79. The van der Waals surface area contributed by atoms with Gasteiger partial charge >= 0.3 is 6.03 Å². The van der Waals surface area contributed by atoms with Crippen molar-refractivity contribution in [1.82, 2.24) is 10.6 Å². The molecule has 0 fully saturated rings. The molecule has 0 spiro atoms. The highest BCUT2D eigenvalue weighted by molar-refractivity contribution is 5.71. The summed E-state index contributed by atoms with van der Waals surface area (Å²) in [7, 11) is 0. The molecular weight excluding hydrogens is 230 g/mol. The predicted molar refractivity (Wildman–Crippen MR) is 71.4 cm³/mol. The van der Waals surface area contributed by atoms with Crippen LogP contribution < -0.4 is 21.1 Å². The molecule has 5 nitrogen and oxygen atoms in total. The van der Waals surface area contributed by atoms with Gasteiger partial charge in [-0.25, -0.2) is 4.79 Å². The van der Waals surface area contributed by atoms with Crippen LogP contribution >= 0.6 is 0 Å². The van der Waals surface area contributed by atoms with Crippen molar-refractivity contribution >= 4 is 6.03 Å². The number of rotatable bonds is 8. The van der Waals surface area contributed by atoms with E-state index in [2.05, 4.69) is 17.2 Å². The molecule has 0 aliphatic rings. The van der Waals surface area contributed by atoms with E-state index in [0.717, 1.165) is 11.3 Å². The molecule has 2 amide bonds. The first kappa shape index (κ1) is 14.1. The van der Waals surface area contributed by atoms with E-state index in [9.17, 15) is 4.79 Å². The fraction of sp³-hybridized carbons (Fsp3) is 0.308. The fourth-order valence-electron chi connectivity index (χ4n) is 1.44. The number of hydrogen-bond donors (Lipinski definition) is 3. The molecule has 18 heavy (non-hydrogen) atoms. The summed E-state index contributed by atoms with van der Waals surface area (Å²) >= 11 is 0. The second-order valence-electron chi connectivity index (χ2n) is 3.68. The average Bonchev–Trinajstić information content (AvgIpc) is 2.36. The van der Waals surface area contributed by atoms with Gasteiger partial charge in [-0.1, -0.05) is 30.9 Å². The second-order valence-corrected chi connectivity index (χ2v) is 3.68. The van der Waals surface area contributed by atoms with Crippen LogP contribution in [0.4, 0.5) is 4.79 Å². The third-order valence-electron chi connectivity index (χ3n) is 2.25. The average molecular weight is 249 g/mol. The van der Waals surface area contributed by atoms with Crippen LogP contribution in [0, 0.1) is 0 Å². The van der Waals surface area contributed by atoms with Crippen LogP contribution in [-0.4, -0.2) is 25.7 Å². The summed E-state index contributed by atoms with van der Waals surface area (Å²) in [6.07, 6.45) is 1.71. The highest BCUT2D eigenvalue weighted by Gasteiger charge is 2.01. The van der Waals surface area contributed by atoms with Gasteiger partial charge in [0.2, 0.25) is 0 Å².